The van der Waals surface area contributed by atoms with E-state index in [0.29, 0.717) is 5.69 Å². The second-order valence-corrected chi connectivity index (χ2v) is 7.74. The van der Waals surface area contributed by atoms with Gasteiger partial charge in [-0.05, 0) is 49.7 Å². The van der Waals surface area contributed by atoms with Crippen molar-refractivity contribution < 1.29 is 13.2 Å². The third-order valence-corrected chi connectivity index (χ3v) is 5.68. The summed E-state index contributed by atoms with van der Waals surface area (Å²) in [6, 6.07) is 13.6. The SMILES string of the molecule is FC(F)(F)c1cccc(N2CCN(CCCCCn3nnc4ccccc43)CC2)c1. The Morgan fingerprint density at radius 2 is 1.60 bits per heavy atom. The monoisotopic (exact) mass is 417 g/mol. The van der Waals surface area contributed by atoms with Crippen LogP contribution in [0.25, 0.3) is 11.0 Å². The zero-order valence-corrected chi connectivity index (χ0v) is 16.9. The Labute approximate surface area is 174 Å². The lowest BCUT2D eigenvalue weighted by molar-refractivity contribution is -0.137. The van der Waals surface area contributed by atoms with Gasteiger partial charge in [0.05, 0.1) is 11.1 Å². The minimum atomic E-state index is -4.30. The number of fused-ring (bicyclic) bond motifs is 1. The molecule has 3 aromatic rings. The van der Waals surface area contributed by atoms with Crippen molar-refractivity contribution in [1.29, 1.82) is 0 Å². The number of nitrogens with zero attached hydrogens (tertiary/aromatic N) is 5. The van der Waals surface area contributed by atoms with Gasteiger partial charge in [0.25, 0.3) is 0 Å². The van der Waals surface area contributed by atoms with Crippen LogP contribution in [0.4, 0.5) is 18.9 Å². The predicted molar refractivity (Wildman–Crippen MR) is 111 cm³/mol. The number of piperazine rings is 1. The van der Waals surface area contributed by atoms with Gasteiger partial charge in [-0.25, -0.2) is 4.68 Å². The van der Waals surface area contributed by atoms with Gasteiger partial charge in [-0.2, -0.15) is 13.2 Å². The largest absolute Gasteiger partial charge is 0.416 e. The fraction of sp³-hybridized carbons (Fsp3) is 0.455. The molecule has 1 aromatic heterocycles. The molecule has 0 saturated carbocycles. The second kappa shape index (κ2) is 9.04. The molecule has 2 heterocycles. The Hall–Kier alpha value is -2.61. The third kappa shape index (κ3) is 4.92. The first-order chi connectivity index (χ1) is 14.5. The van der Waals surface area contributed by atoms with E-state index in [1.54, 1.807) is 6.07 Å². The van der Waals surface area contributed by atoms with Crippen LogP contribution in [-0.2, 0) is 12.7 Å². The molecule has 160 valence electrons. The van der Waals surface area contributed by atoms with Crippen LogP contribution in [-0.4, -0.2) is 52.6 Å². The molecule has 1 fully saturated rings. The predicted octanol–water partition coefficient (Wildman–Crippen LogP) is 4.44. The smallest absolute Gasteiger partial charge is 0.369 e. The molecule has 1 aliphatic rings. The highest BCUT2D eigenvalue weighted by molar-refractivity contribution is 5.73. The Kier molecular flexibility index (Phi) is 6.22. The van der Waals surface area contributed by atoms with E-state index in [-0.39, 0.29) is 0 Å². The number of unbranched alkanes of at least 4 members (excludes halogenated alkanes) is 2. The highest BCUT2D eigenvalue weighted by Crippen LogP contribution is 2.31. The van der Waals surface area contributed by atoms with E-state index in [1.165, 1.54) is 12.1 Å². The van der Waals surface area contributed by atoms with Crippen LogP contribution in [0.1, 0.15) is 24.8 Å². The summed E-state index contributed by atoms with van der Waals surface area (Å²) < 4.78 is 40.8. The van der Waals surface area contributed by atoms with Crippen LogP contribution in [0.2, 0.25) is 0 Å². The maximum Gasteiger partial charge on any atom is 0.416 e. The minimum Gasteiger partial charge on any atom is -0.369 e. The zero-order valence-electron chi connectivity index (χ0n) is 16.9. The van der Waals surface area contributed by atoms with Crippen molar-refractivity contribution in [3.8, 4) is 0 Å². The molecule has 1 saturated heterocycles. The molecule has 0 bridgehead atoms. The number of hydrogen-bond donors (Lipinski definition) is 0. The molecule has 1 aliphatic heterocycles. The summed E-state index contributed by atoms with van der Waals surface area (Å²) in [5.41, 5.74) is 2.08. The van der Waals surface area contributed by atoms with E-state index in [4.69, 9.17) is 0 Å². The van der Waals surface area contributed by atoms with Crippen LogP contribution in [0.5, 0.6) is 0 Å². The first kappa shape index (κ1) is 20.7. The fourth-order valence-electron chi connectivity index (χ4n) is 3.96. The maximum atomic E-state index is 12.9. The molecule has 2 aromatic carbocycles. The van der Waals surface area contributed by atoms with Gasteiger partial charge in [0, 0.05) is 38.4 Å². The van der Waals surface area contributed by atoms with Gasteiger partial charge in [-0.1, -0.05) is 29.8 Å². The zero-order chi connectivity index (χ0) is 21.0. The van der Waals surface area contributed by atoms with Crippen molar-refractivity contribution in [2.24, 2.45) is 0 Å². The van der Waals surface area contributed by atoms with E-state index < -0.39 is 11.7 Å². The summed E-state index contributed by atoms with van der Waals surface area (Å²) in [6.07, 6.45) is -1.02. The molecule has 0 N–H and O–H groups in total. The first-order valence-electron chi connectivity index (χ1n) is 10.4. The van der Waals surface area contributed by atoms with Crippen LogP contribution in [0.15, 0.2) is 48.5 Å². The number of para-hydroxylation sites is 1. The van der Waals surface area contributed by atoms with Crippen molar-refractivity contribution in [3.05, 3.63) is 54.1 Å². The number of aromatic nitrogens is 3. The summed E-state index contributed by atoms with van der Waals surface area (Å²) in [5, 5.41) is 8.40. The van der Waals surface area contributed by atoms with Crippen molar-refractivity contribution in [2.45, 2.75) is 32.0 Å². The van der Waals surface area contributed by atoms with Gasteiger partial charge >= 0.3 is 6.18 Å². The van der Waals surface area contributed by atoms with E-state index in [1.807, 2.05) is 33.8 Å². The summed E-state index contributed by atoms with van der Waals surface area (Å²) in [4.78, 5) is 4.44. The van der Waals surface area contributed by atoms with Crippen LogP contribution in [0, 0.1) is 0 Å². The topological polar surface area (TPSA) is 37.2 Å². The molecule has 0 radical (unpaired) electrons. The molecule has 0 unspecified atom stereocenters. The second-order valence-electron chi connectivity index (χ2n) is 7.74. The Morgan fingerprint density at radius 1 is 0.833 bits per heavy atom. The van der Waals surface area contributed by atoms with Gasteiger partial charge < -0.3 is 4.90 Å². The van der Waals surface area contributed by atoms with Crippen LogP contribution in [0.3, 0.4) is 0 Å². The lowest BCUT2D eigenvalue weighted by atomic mass is 10.1. The number of aryl methyl sites for hydroxylation is 1. The standard InChI is InChI=1S/C22H26F3N5/c23-22(24,25)18-7-6-8-19(17-18)29-15-13-28(14-16-29)11-4-1-5-12-30-21-10-3-2-9-20(21)26-27-30/h2-3,6-10,17H,1,4-5,11-16H2. The summed E-state index contributed by atoms with van der Waals surface area (Å²) in [6.45, 7) is 5.16. The number of hydrogen-bond acceptors (Lipinski definition) is 4. The molecule has 0 amide bonds. The van der Waals surface area contributed by atoms with Crippen molar-refractivity contribution >= 4 is 16.7 Å². The number of anilines is 1. The van der Waals surface area contributed by atoms with E-state index >= 15 is 0 Å². The Balaban J connectivity index is 1.18. The molecule has 30 heavy (non-hydrogen) atoms. The van der Waals surface area contributed by atoms with Crippen LogP contribution >= 0.6 is 0 Å². The molecule has 5 nitrogen and oxygen atoms in total. The average Bonchev–Trinajstić information content (AvgIpc) is 3.17. The van der Waals surface area contributed by atoms with Gasteiger partial charge in [-0.15, -0.1) is 5.10 Å². The summed E-state index contributed by atoms with van der Waals surface area (Å²) >= 11 is 0. The number of halogens is 3. The average molecular weight is 417 g/mol. The van der Waals surface area contributed by atoms with E-state index in [2.05, 4.69) is 15.2 Å². The van der Waals surface area contributed by atoms with Gasteiger partial charge in [0.2, 0.25) is 0 Å². The van der Waals surface area contributed by atoms with Crippen molar-refractivity contribution in [2.75, 3.05) is 37.6 Å². The molecule has 8 heteroatoms. The number of alkyl halides is 3. The lowest BCUT2D eigenvalue weighted by Crippen LogP contribution is -2.46. The number of benzene rings is 2. The molecule has 0 aliphatic carbocycles. The van der Waals surface area contributed by atoms with Gasteiger partial charge in [0.1, 0.15) is 5.52 Å². The third-order valence-electron chi connectivity index (χ3n) is 5.68. The summed E-state index contributed by atoms with van der Waals surface area (Å²) in [5.74, 6) is 0. The fourth-order valence-corrected chi connectivity index (χ4v) is 3.96. The Bertz CT molecular complexity index is 961. The van der Waals surface area contributed by atoms with Crippen molar-refractivity contribution in [1.82, 2.24) is 19.9 Å². The summed E-state index contributed by atoms with van der Waals surface area (Å²) in [7, 11) is 0. The van der Waals surface area contributed by atoms with Gasteiger partial charge in [0.15, 0.2) is 0 Å². The molecular weight excluding hydrogens is 391 g/mol. The first-order valence-corrected chi connectivity index (χ1v) is 10.4. The Morgan fingerprint density at radius 3 is 2.40 bits per heavy atom. The lowest BCUT2D eigenvalue weighted by Gasteiger charge is -2.36. The highest BCUT2D eigenvalue weighted by atomic mass is 19.4. The van der Waals surface area contributed by atoms with E-state index in [9.17, 15) is 13.2 Å². The molecule has 4 rings (SSSR count). The number of rotatable bonds is 7. The molecule has 0 atom stereocenters. The quantitative estimate of drug-likeness (QED) is 0.533. The van der Waals surface area contributed by atoms with Crippen LogP contribution < -0.4 is 4.90 Å². The molecular formula is C22H26F3N5. The molecule has 0 spiro atoms. The highest BCUT2D eigenvalue weighted by Gasteiger charge is 2.31. The van der Waals surface area contributed by atoms with Gasteiger partial charge in [-0.3, -0.25) is 4.90 Å². The van der Waals surface area contributed by atoms with Crippen molar-refractivity contribution in [3.63, 3.8) is 0 Å². The van der Waals surface area contributed by atoms with E-state index in [0.717, 1.165) is 75.6 Å². The normalized spacial score (nSPS) is 15.8. The maximum absolute atomic E-state index is 12.9. The minimum absolute atomic E-state index is 0.581.